The summed E-state index contributed by atoms with van der Waals surface area (Å²) in [5.74, 6) is 2.03. The number of pyridine rings is 1. The third kappa shape index (κ3) is 4.59. The van der Waals surface area contributed by atoms with Gasteiger partial charge in [0.25, 0.3) is 11.8 Å². The highest BCUT2D eigenvalue weighted by Gasteiger charge is 2.42. The van der Waals surface area contributed by atoms with Crippen molar-refractivity contribution in [1.82, 2.24) is 15.6 Å². The fourth-order valence-electron chi connectivity index (χ4n) is 5.84. The molecular formula is C29H30N4O4. The number of nitrogens with one attached hydrogen (secondary N) is 2. The van der Waals surface area contributed by atoms with Crippen LogP contribution in [0.2, 0.25) is 0 Å². The molecule has 2 unspecified atom stereocenters. The van der Waals surface area contributed by atoms with E-state index in [1.807, 2.05) is 55.5 Å². The molecule has 0 radical (unpaired) electrons. The van der Waals surface area contributed by atoms with Crippen molar-refractivity contribution in [3.05, 3.63) is 83.0 Å². The van der Waals surface area contributed by atoms with Gasteiger partial charge in [-0.05, 0) is 62.4 Å². The fraction of sp³-hybridized carbons (Fsp3) is 0.345. The van der Waals surface area contributed by atoms with Crippen molar-refractivity contribution in [2.45, 2.75) is 57.3 Å². The van der Waals surface area contributed by atoms with Crippen LogP contribution >= 0.6 is 0 Å². The Labute approximate surface area is 216 Å². The SMILES string of the molecule is Cc1c(C(=O)NC2CC3CCC(C2)N3c2ccc(C(=O)NCc3ccccc3)cn2)ccc2c1OCO2. The van der Waals surface area contributed by atoms with Gasteiger partial charge in [-0.3, -0.25) is 9.59 Å². The molecule has 2 amide bonds. The van der Waals surface area contributed by atoms with Crippen LogP contribution in [-0.2, 0) is 6.54 Å². The lowest BCUT2D eigenvalue weighted by Gasteiger charge is -2.40. The number of fused-ring (bicyclic) bond motifs is 3. The molecule has 2 bridgehead atoms. The van der Waals surface area contributed by atoms with Gasteiger partial charge in [0.2, 0.25) is 6.79 Å². The van der Waals surface area contributed by atoms with Crippen LogP contribution in [0.1, 0.15) is 57.5 Å². The van der Waals surface area contributed by atoms with Gasteiger partial charge < -0.3 is 25.0 Å². The fourth-order valence-corrected chi connectivity index (χ4v) is 5.84. The first-order chi connectivity index (χ1) is 18.1. The maximum absolute atomic E-state index is 13.1. The number of carbonyl (C=O) groups is 2. The van der Waals surface area contributed by atoms with E-state index in [1.165, 1.54) is 0 Å². The van der Waals surface area contributed by atoms with E-state index in [0.717, 1.165) is 42.6 Å². The molecule has 8 heteroatoms. The summed E-state index contributed by atoms with van der Waals surface area (Å²) < 4.78 is 11.0. The van der Waals surface area contributed by atoms with E-state index >= 15 is 0 Å². The summed E-state index contributed by atoms with van der Waals surface area (Å²) in [6, 6.07) is 18.0. The first-order valence-corrected chi connectivity index (χ1v) is 12.8. The molecule has 0 saturated carbocycles. The van der Waals surface area contributed by atoms with Crippen molar-refractivity contribution < 1.29 is 19.1 Å². The summed E-state index contributed by atoms with van der Waals surface area (Å²) in [5.41, 5.74) is 3.04. The van der Waals surface area contributed by atoms with Crippen molar-refractivity contribution in [3.8, 4) is 11.5 Å². The quantitative estimate of drug-likeness (QED) is 0.534. The summed E-state index contributed by atoms with van der Waals surface area (Å²) in [4.78, 5) is 32.7. The number of anilines is 1. The molecule has 1 aromatic heterocycles. The Hall–Kier alpha value is -4.07. The molecule has 3 aromatic rings. The van der Waals surface area contributed by atoms with Crippen molar-refractivity contribution in [3.63, 3.8) is 0 Å². The van der Waals surface area contributed by atoms with E-state index in [9.17, 15) is 9.59 Å². The van der Waals surface area contributed by atoms with Gasteiger partial charge in [-0.2, -0.15) is 0 Å². The number of hydrogen-bond acceptors (Lipinski definition) is 6. The molecular weight excluding hydrogens is 468 g/mol. The molecule has 2 N–H and O–H groups in total. The first kappa shape index (κ1) is 23.3. The lowest BCUT2D eigenvalue weighted by molar-refractivity contribution is 0.0923. The van der Waals surface area contributed by atoms with Gasteiger partial charge in [0.05, 0.1) is 5.56 Å². The molecule has 3 aliphatic heterocycles. The second-order valence-corrected chi connectivity index (χ2v) is 9.98. The Morgan fingerprint density at radius 3 is 2.49 bits per heavy atom. The molecule has 0 aliphatic carbocycles. The second kappa shape index (κ2) is 9.76. The van der Waals surface area contributed by atoms with Gasteiger partial charge in [-0.1, -0.05) is 30.3 Å². The largest absolute Gasteiger partial charge is 0.454 e. The predicted octanol–water partition coefficient (Wildman–Crippen LogP) is 3.98. The van der Waals surface area contributed by atoms with E-state index in [2.05, 4.69) is 20.5 Å². The lowest BCUT2D eigenvalue weighted by atomic mass is 9.96. The van der Waals surface area contributed by atoms with E-state index in [0.29, 0.717) is 41.3 Å². The molecule has 2 atom stereocenters. The number of piperidine rings is 1. The monoisotopic (exact) mass is 498 g/mol. The van der Waals surface area contributed by atoms with Crippen molar-refractivity contribution in [2.75, 3.05) is 11.7 Å². The lowest BCUT2D eigenvalue weighted by Crippen LogP contribution is -2.50. The minimum absolute atomic E-state index is 0.0716. The van der Waals surface area contributed by atoms with E-state index < -0.39 is 0 Å². The maximum Gasteiger partial charge on any atom is 0.253 e. The van der Waals surface area contributed by atoms with Gasteiger partial charge in [-0.25, -0.2) is 4.98 Å². The Kier molecular flexibility index (Phi) is 6.16. The maximum atomic E-state index is 13.1. The number of aromatic nitrogens is 1. The number of rotatable bonds is 6. The number of benzene rings is 2. The average Bonchev–Trinajstić information content (AvgIpc) is 3.51. The minimum atomic E-state index is -0.133. The Morgan fingerprint density at radius 1 is 0.973 bits per heavy atom. The number of carbonyl (C=O) groups excluding carboxylic acids is 2. The van der Waals surface area contributed by atoms with Gasteiger partial charge >= 0.3 is 0 Å². The van der Waals surface area contributed by atoms with Crippen LogP contribution in [0.3, 0.4) is 0 Å². The summed E-state index contributed by atoms with van der Waals surface area (Å²) in [5, 5.41) is 6.21. The molecule has 0 spiro atoms. The normalized spacial score (nSPS) is 21.5. The van der Waals surface area contributed by atoms with E-state index in [1.54, 1.807) is 12.3 Å². The van der Waals surface area contributed by atoms with Crippen molar-refractivity contribution in [1.29, 1.82) is 0 Å². The highest BCUT2D eigenvalue weighted by molar-refractivity contribution is 5.97. The highest BCUT2D eigenvalue weighted by atomic mass is 16.7. The smallest absolute Gasteiger partial charge is 0.253 e. The molecule has 2 aromatic carbocycles. The summed E-state index contributed by atoms with van der Waals surface area (Å²) >= 11 is 0. The molecule has 37 heavy (non-hydrogen) atoms. The van der Waals surface area contributed by atoms with Crippen LogP contribution in [0.15, 0.2) is 60.8 Å². The zero-order valence-corrected chi connectivity index (χ0v) is 20.8. The van der Waals surface area contributed by atoms with Gasteiger partial charge in [0.15, 0.2) is 11.5 Å². The van der Waals surface area contributed by atoms with Crippen LogP contribution in [0, 0.1) is 6.92 Å². The predicted molar refractivity (Wildman–Crippen MR) is 139 cm³/mol. The number of nitrogens with zero attached hydrogens (tertiary/aromatic N) is 2. The molecule has 4 heterocycles. The van der Waals surface area contributed by atoms with Crippen LogP contribution in [0.5, 0.6) is 11.5 Å². The topological polar surface area (TPSA) is 92.8 Å². The number of hydrogen-bond donors (Lipinski definition) is 2. The van der Waals surface area contributed by atoms with Crippen LogP contribution in [-0.4, -0.2) is 41.7 Å². The molecule has 8 nitrogen and oxygen atoms in total. The Balaban J connectivity index is 1.08. The van der Waals surface area contributed by atoms with Gasteiger partial charge in [0.1, 0.15) is 5.82 Å². The third-order valence-corrected chi connectivity index (χ3v) is 7.67. The van der Waals surface area contributed by atoms with Crippen LogP contribution < -0.4 is 25.0 Å². The second-order valence-electron chi connectivity index (χ2n) is 9.98. The van der Waals surface area contributed by atoms with Crippen LogP contribution in [0.4, 0.5) is 5.82 Å². The molecule has 2 saturated heterocycles. The van der Waals surface area contributed by atoms with E-state index in [-0.39, 0.29) is 24.6 Å². The van der Waals surface area contributed by atoms with Gasteiger partial charge in [0, 0.05) is 42.0 Å². The van der Waals surface area contributed by atoms with Crippen molar-refractivity contribution >= 4 is 17.6 Å². The zero-order chi connectivity index (χ0) is 25.4. The zero-order valence-electron chi connectivity index (χ0n) is 20.8. The first-order valence-electron chi connectivity index (χ1n) is 12.8. The Bertz CT molecular complexity index is 1300. The summed E-state index contributed by atoms with van der Waals surface area (Å²) in [7, 11) is 0. The molecule has 3 aliphatic rings. The molecule has 6 rings (SSSR count). The Morgan fingerprint density at radius 2 is 1.76 bits per heavy atom. The number of ether oxygens (including phenoxy) is 2. The van der Waals surface area contributed by atoms with E-state index in [4.69, 9.17) is 9.47 Å². The van der Waals surface area contributed by atoms with Crippen LogP contribution in [0.25, 0.3) is 0 Å². The highest BCUT2D eigenvalue weighted by Crippen LogP contribution is 2.39. The summed E-state index contributed by atoms with van der Waals surface area (Å²) in [6.07, 6.45) is 5.53. The van der Waals surface area contributed by atoms with Crippen molar-refractivity contribution in [2.24, 2.45) is 0 Å². The summed E-state index contributed by atoms with van der Waals surface area (Å²) in [6.45, 7) is 2.57. The van der Waals surface area contributed by atoms with Gasteiger partial charge in [-0.15, -0.1) is 0 Å². The minimum Gasteiger partial charge on any atom is -0.454 e. The molecule has 2 fully saturated rings. The third-order valence-electron chi connectivity index (χ3n) is 7.67. The standard InChI is InChI=1S/C29H30N4O4/c1-18-24(10-11-25-27(18)37-17-36-25)29(35)32-21-13-22-8-9-23(14-21)33(22)26-12-7-20(16-30-26)28(34)31-15-19-5-3-2-4-6-19/h2-7,10-12,16,21-23H,8-9,13-15,17H2,1H3,(H,31,34)(H,32,35). The average molecular weight is 499 g/mol. The number of amides is 2. The molecule has 190 valence electrons.